The van der Waals surface area contributed by atoms with E-state index in [2.05, 4.69) is 15.5 Å². The summed E-state index contributed by atoms with van der Waals surface area (Å²) in [5.41, 5.74) is 1.67. The molecule has 1 aromatic heterocycles. The van der Waals surface area contributed by atoms with E-state index in [1.54, 1.807) is 32.4 Å². The zero-order valence-corrected chi connectivity index (χ0v) is 17.9. The fraction of sp³-hybridized carbons (Fsp3) is 0.250. The van der Waals surface area contributed by atoms with Gasteiger partial charge in [-0.25, -0.2) is 0 Å². The Balaban J connectivity index is 1.59. The first-order chi connectivity index (χ1) is 14.0. The molecule has 2 aromatic carbocycles. The van der Waals surface area contributed by atoms with Crippen LogP contribution in [0.15, 0.2) is 47.6 Å². The lowest BCUT2D eigenvalue weighted by molar-refractivity contribution is -0.113. The Morgan fingerprint density at radius 1 is 1.14 bits per heavy atom. The van der Waals surface area contributed by atoms with Crippen molar-refractivity contribution >= 4 is 35.0 Å². The van der Waals surface area contributed by atoms with E-state index in [4.69, 9.17) is 21.1 Å². The number of ether oxygens (including phenoxy) is 2. The monoisotopic (exact) mass is 432 g/mol. The van der Waals surface area contributed by atoms with Gasteiger partial charge in [0.25, 0.3) is 0 Å². The molecule has 1 N–H and O–H groups in total. The molecule has 0 bridgehead atoms. The molecule has 1 heterocycles. The van der Waals surface area contributed by atoms with Gasteiger partial charge < -0.3 is 19.4 Å². The fourth-order valence-corrected chi connectivity index (χ4v) is 3.48. The Morgan fingerprint density at radius 2 is 1.90 bits per heavy atom. The number of anilines is 1. The van der Waals surface area contributed by atoms with E-state index in [9.17, 15) is 4.79 Å². The third kappa shape index (κ3) is 5.42. The lowest BCUT2D eigenvalue weighted by Crippen LogP contribution is -2.15. The van der Waals surface area contributed by atoms with Crippen molar-refractivity contribution in [2.75, 3.05) is 25.3 Å². The highest BCUT2D eigenvalue weighted by atomic mass is 35.5. The number of benzene rings is 2. The number of nitrogens with zero attached hydrogens (tertiary/aromatic N) is 3. The Hall–Kier alpha value is -2.71. The molecule has 7 nitrogen and oxygen atoms in total. The summed E-state index contributed by atoms with van der Waals surface area (Å²) in [7, 11) is 5.00. The highest BCUT2D eigenvalue weighted by Gasteiger charge is 2.14. The second-order valence-electron chi connectivity index (χ2n) is 6.16. The maximum Gasteiger partial charge on any atom is 0.234 e. The predicted octanol–water partition coefficient (Wildman–Crippen LogP) is 3.81. The van der Waals surface area contributed by atoms with E-state index in [-0.39, 0.29) is 11.7 Å². The van der Waals surface area contributed by atoms with Crippen molar-refractivity contribution in [2.24, 2.45) is 7.05 Å². The van der Waals surface area contributed by atoms with Crippen LogP contribution in [0.25, 0.3) is 0 Å². The molecule has 0 radical (unpaired) electrons. The number of methoxy groups -OCH3 is 2. The zero-order chi connectivity index (χ0) is 20.8. The fourth-order valence-electron chi connectivity index (χ4n) is 2.63. The minimum atomic E-state index is -0.166. The van der Waals surface area contributed by atoms with Crippen molar-refractivity contribution in [1.29, 1.82) is 0 Å². The normalized spacial score (nSPS) is 10.6. The van der Waals surface area contributed by atoms with Gasteiger partial charge in [0.05, 0.1) is 25.7 Å². The van der Waals surface area contributed by atoms with E-state index in [0.717, 1.165) is 11.4 Å². The van der Waals surface area contributed by atoms with Gasteiger partial charge in [0, 0.05) is 24.6 Å². The van der Waals surface area contributed by atoms with E-state index in [1.807, 2.05) is 35.9 Å². The average Bonchev–Trinajstić information content (AvgIpc) is 3.07. The highest BCUT2D eigenvalue weighted by molar-refractivity contribution is 7.99. The van der Waals surface area contributed by atoms with Gasteiger partial charge in [-0.1, -0.05) is 35.5 Å². The standard InChI is InChI=1S/C20H21ClN4O3S/c1-25-18(10-13-4-6-14(21)7-5-13)23-24-20(25)29-12-19(26)22-16-9-8-15(27-2)11-17(16)28-3/h4-9,11H,10,12H2,1-3H3,(H,22,26). The Bertz CT molecular complexity index is 992. The van der Waals surface area contributed by atoms with Gasteiger partial charge >= 0.3 is 0 Å². The first kappa shape index (κ1) is 21.0. The van der Waals surface area contributed by atoms with Gasteiger partial charge in [-0.05, 0) is 29.8 Å². The molecule has 1 amide bonds. The molecule has 29 heavy (non-hydrogen) atoms. The quantitative estimate of drug-likeness (QED) is 0.545. The first-order valence-electron chi connectivity index (χ1n) is 8.77. The van der Waals surface area contributed by atoms with Crippen LogP contribution in [0.4, 0.5) is 5.69 Å². The lowest BCUT2D eigenvalue weighted by atomic mass is 10.1. The smallest absolute Gasteiger partial charge is 0.234 e. The minimum Gasteiger partial charge on any atom is -0.497 e. The molecule has 3 aromatic rings. The molecule has 0 atom stereocenters. The molecule has 152 valence electrons. The van der Waals surface area contributed by atoms with Crippen LogP contribution in [0.1, 0.15) is 11.4 Å². The molecule has 9 heteroatoms. The van der Waals surface area contributed by atoms with Gasteiger partial charge in [-0.2, -0.15) is 0 Å². The number of carbonyl (C=O) groups excluding carboxylic acids is 1. The minimum absolute atomic E-state index is 0.166. The average molecular weight is 433 g/mol. The van der Waals surface area contributed by atoms with Crippen molar-refractivity contribution in [3.8, 4) is 11.5 Å². The molecule has 0 aliphatic carbocycles. The maximum atomic E-state index is 12.4. The third-order valence-electron chi connectivity index (χ3n) is 4.22. The van der Waals surface area contributed by atoms with Gasteiger partial charge in [0.2, 0.25) is 5.91 Å². The third-order valence-corrected chi connectivity index (χ3v) is 5.49. The molecule has 0 saturated heterocycles. The summed E-state index contributed by atoms with van der Waals surface area (Å²) >= 11 is 7.24. The molecule has 0 aliphatic heterocycles. The number of carbonyl (C=O) groups is 1. The number of aromatic nitrogens is 3. The predicted molar refractivity (Wildman–Crippen MR) is 114 cm³/mol. The SMILES string of the molecule is COc1ccc(NC(=O)CSc2nnc(Cc3ccc(Cl)cc3)n2C)c(OC)c1. The summed E-state index contributed by atoms with van der Waals surface area (Å²) in [6, 6.07) is 12.8. The van der Waals surface area contributed by atoms with Crippen LogP contribution in [-0.2, 0) is 18.3 Å². The molecule has 0 fully saturated rings. The molecular formula is C20H21ClN4O3S. The molecule has 0 saturated carbocycles. The van der Waals surface area contributed by atoms with Gasteiger partial charge in [-0.3, -0.25) is 4.79 Å². The largest absolute Gasteiger partial charge is 0.497 e. The van der Waals surface area contributed by atoms with Crippen LogP contribution in [0, 0.1) is 0 Å². The summed E-state index contributed by atoms with van der Waals surface area (Å²) in [6.45, 7) is 0. The van der Waals surface area contributed by atoms with Crippen LogP contribution < -0.4 is 14.8 Å². The summed E-state index contributed by atoms with van der Waals surface area (Å²) in [4.78, 5) is 12.4. The Kier molecular flexibility index (Phi) is 7.00. The zero-order valence-electron chi connectivity index (χ0n) is 16.3. The Labute approximate surface area is 178 Å². The topological polar surface area (TPSA) is 78.3 Å². The van der Waals surface area contributed by atoms with Crippen LogP contribution in [-0.4, -0.2) is 40.6 Å². The van der Waals surface area contributed by atoms with Crippen LogP contribution >= 0.6 is 23.4 Å². The van der Waals surface area contributed by atoms with Gasteiger partial charge in [-0.15, -0.1) is 10.2 Å². The molecule has 0 unspecified atom stereocenters. The number of amides is 1. The summed E-state index contributed by atoms with van der Waals surface area (Å²) in [5, 5.41) is 12.6. The van der Waals surface area contributed by atoms with Crippen molar-refractivity contribution in [2.45, 2.75) is 11.6 Å². The van der Waals surface area contributed by atoms with E-state index in [0.29, 0.717) is 33.8 Å². The molecule has 0 spiro atoms. The van der Waals surface area contributed by atoms with Crippen molar-refractivity contribution in [3.63, 3.8) is 0 Å². The summed E-state index contributed by atoms with van der Waals surface area (Å²) in [5.74, 6) is 2.03. The van der Waals surface area contributed by atoms with E-state index >= 15 is 0 Å². The van der Waals surface area contributed by atoms with Crippen LogP contribution in [0.2, 0.25) is 5.02 Å². The number of rotatable bonds is 8. The van der Waals surface area contributed by atoms with Crippen molar-refractivity contribution in [1.82, 2.24) is 14.8 Å². The van der Waals surface area contributed by atoms with E-state index < -0.39 is 0 Å². The number of thioether (sulfide) groups is 1. The second kappa shape index (κ2) is 9.67. The second-order valence-corrected chi connectivity index (χ2v) is 7.54. The maximum absolute atomic E-state index is 12.4. The molecule has 0 aliphatic rings. The number of halogens is 1. The Morgan fingerprint density at radius 3 is 2.59 bits per heavy atom. The summed E-state index contributed by atoms with van der Waals surface area (Å²) < 4.78 is 12.4. The van der Waals surface area contributed by atoms with Crippen LogP contribution in [0.3, 0.4) is 0 Å². The number of nitrogens with one attached hydrogen (secondary N) is 1. The summed E-state index contributed by atoms with van der Waals surface area (Å²) in [6.07, 6.45) is 0.635. The van der Waals surface area contributed by atoms with Gasteiger partial charge in [0.15, 0.2) is 5.16 Å². The molecular weight excluding hydrogens is 412 g/mol. The van der Waals surface area contributed by atoms with Crippen LogP contribution in [0.5, 0.6) is 11.5 Å². The number of hydrogen-bond acceptors (Lipinski definition) is 6. The van der Waals surface area contributed by atoms with Crippen molar-refractivity contribution < 1.29 is 14.3 Å². The van der Waals surface area contributed by atoms with Gasteiger partial charge in [0.1, 0.15) is 17.3 Å². The first-order valence-corrected chi connectivity index (χ1v) is 10.1. The number of hydrogen-bond donors (Lipinski definition) is 1. The highest BCUT2D eigenvalue weighted by Crippen LogP contribution is 2.29. The lowest BCUT2D eigenvalue weighted by Gasteiger charge is -2.11. The van der Waals surface area contributed by atoms with Crippen molar-refractivity contribution in [3.05, 3.63) is 58.9 Å². The molecule has 3 rings (SSSR count). The van der Waals surface area contributed by atoms with E-state index in [1.165, 1.54) is 11.8 Å².